The highest BCUT2D eigenvalue weighted by Gasteiger charge is 2.03. The summed E-state index contributed by atoms with van der Waals surface area (Å²) in [5, 5.41) is 3.98. The maximum absolute atomic E-state index is 5.94. The van der Waals surface area contributed by atoms with Gasteiger partial charge >= 0.3 is 0 Å². The molecular formula is C12H19ClN2O. The Morgan fingerprint density at radius 1 is 1.44 bits per heavy atom. The van der Waals surface area contributed by atoms with Crippen LogP contribution in [0, 0.1) is 0 Å². The highest BCUT2D eigenvalue weighted by atomic mass is 35.5. The van der Waals surface area contributed by atoms with E-state index in [9.17, 15) is 0 Å². The minimum Gasteiger partial charge on any atom is -0.491 e. The molecule has 1 aromatic carbocycles. The van der Waals surface area contributed by atoms with Gasteiger partial charge in [-0.2, -0.15) is 0 Å². The lowest BCUT2D eigenvalue weighted by molar-refractivity contribution is 0.319. The van der Waals surface area contributed by atoms with Crippen molar-refractivity contribution in [3.8, 4) is 5.75 Å². The van der Waals surface area contributed by atoms with E-state index in [1.807, 2.05) is 18.2 Å². The summed E-state index contributed by atoms with van der Waals surface area (Å²) in [7, 11) is 0. The van der Waals surface area contributed by atoms with E-state index in [4.69, 9.17) is 22.1 Å². The molecule has 0 bridgehead atoms. The molecule has 0 spiro atoms. The highest BCUT2D eigenvalue weighted by molar-refractivity contribution is 6.30. The number of hydrogen-bond donors (Lipinski definition) is 2. The predicted molar refractivity (Wildman–Crippen MR) is 69.4 cm³/mol. The molecule has 0 saturated heterocycles. The number of rotatable bonds is 7. The minimum atomic E-state index is 0.679. The largest absolute Gasteiger partial charge is 0.491 e. The molecule has 0 fully saturated rings. The van der Waals surface area contributed by atoms with Crippen LogP contribution in [0.25, 0.3) is 0 Å². The first-order chi connectivity index (χ1) is 7.77. The smallest absolute Gasteiger partial charge is 0.142 e. The molecule has 0 aliphatic rings. The van der Waals surface area contributed by atoms with Gasteiger partial charge in [0.15, 0.2) is 0 Å². The summed E-state index contributed by atoms with van der Waals surface area (Å²) < 4.78 is 5.62. The van der Waals surface area contributed by atoms with E-state index in [2.05, 4.69) is 12.2 Å². The van der Waals surface area contributed by atoms with Gasteiger partial charge in [-0.05, 0) is 37.6 Å². The first kappa shape index (κ1) is 13.1. The van der Waals surface area contributed by atoms with Gasteiger partial charge in [0.05, 0.1) is 12.3 Å². The van der Waals surface area contributed by atoms with E-state index in [1.54, 1.807) is 0 Å². The molecule has 0 saturated carbocycles. The molecule has 16 heavy (non-hydrogen) atoms. The van der Waals surface area contributed by atoms with Crippen LogP contribution in [-0.2, 0) is 0 Å². The van der Waals surface area contributed by atoms with Crippen LogP contribution in [0.15, 0.2) is 18.2 Å². The molecule has 0 heterocycles. The van der Waals surface area contributed by atoms with Crippen LogP contribution >= 0.6 is 11.6 Å². The molecule has 3 nitrogen and oxygen atoms in total. The van der Waals surface area contributed by atoms with Crippen LogP contribution in [0.5, 0.6) is 5.75 Å². The predicted octanol–water partition coefficient (Wildman–Crippen LogP) is 2.89. The van der Waals surface area contributed by atoms with Gasteiger partial charge in [0.25, 0.3) is 0 Å². The third-order valence-electron chi connectivity index (χ3n) is 2.10. The quantitative estimate of drug-likeness (QED) is 0.723. The summed E-state index contributed by atoms with van der Waals surface area (Å²) in [6.45, 7) is 4.31. The van der Waals surface area contributed by atoms with Crippen LogP contribution in [0.3, 0.4) is 0 Å². The van der Waals surface area contributed by atoms with E-state index < -0.39 is 0 Å². The summed E-state index contributed by atoms with van der Waals surface area (Å²) >= 11 is 5.94. The summed E-state index contributed by atoms with van der Waals surface area (Å²) in [4.78, 5) is 0. The molecule has 0 aliphatic carbocycles. The number of anilines is 1. The molecule has 90 valence electrons. The fourth-order valence-corrected chi connectivity index (χ4v) is 1.48. The Morgan fingerprint density at radius 3 is 2.94 bits per heavy atom. The van der Waals surface area contributed by atoms with Gasteiger partial charge in [0, 0.05) is 11.6 Å². The van der Waals surface area contributed by atoms with Crippen LogP contribution in [0.1, 0.15) is 19.8 Å². The molecule has 0 amide bonds. The first-order valence-electron chi connectivity index (χ1n) is 5.64. The summed E-state index contributed by atoms with van der Waals surface area (Å²) in [5.74, 6) is 0.850. The standard InChI is InChI=1S/C12H19ClN2O/c1-2-8-16-12-5-4-10(13)9-11(12)15-7-3-6-14/h4-5,9,15H,2-3,6-8,14H2,1H3. The Hall–Kier alpha value is -0.930. The Labute approximate surface area is 102 Å². The molecule has 0 aliphatic heterocycles. The summed E-state index contributed by atoms with van der Waals surface area (Å²) in [6.07, 6.45) is 1.92. The molecule has 4 heteroatoms. The van der Waals surface area contributed by atoms with Crippen LogP contribution in [0.2, 0.25) is 5.02 Å². The molecule has 1 rings (SSSR count). The van der Waals surface area contributed by atoms with Crippen molar-refractivity contribution in [3.05, 3.63) is 23.2 Å². The van der Waals surface area contributed by atoms with Gasteiger partial charge in [-0.25, -0.2) is 0 Å². The zero-order chi connectivity index (χ0) is 11.8. The molecule has 0 unspecified atom stereocenters. The Kier molecular flexibility index (Phi) is 6.04. The van der Waals surface area contributed by atoms with Crippen molar-refractivity contribution in [2.24, 2.45) is 5.73 Å². The van der Waals surface area contributed by atoms with Crippen molar-refractivity contribution in [1.29, 1.82) is 0 Å². The van der Waals surface area contributed by atoms with Crippen LogP contribution in [-0.4, -0.2) is 19.7 Å². The van der Waals surface area contributed by atoms with E-state index in [0.29, 0.717) is 18.2 Å². The fourth-order valence-electron chi connectivity index (χ4n) is 1.30. The number of benzene rings is 1. The van der Waals surface area contributed by atoms with Gasteiger partial charge in [-0.1, -0.05) is 18.5 Å². The van der Waals surface area contributed by atoms with Gasteiger partial charge in [0.2, 0.25) is 0 Å². The van der Waals surface area contributed by atoms with Crippen LogP contribution in [0.4, 0.5) is 5.69 Å². The van der Waals surface area contributed by atoms with Crippen molar-refractivity contribution in [3.63, 3.8) is 0 Å². The lowest BCUT2D eigenvalue weighted by Gasteiger charge is -2.13. The van der Waals surface area contributed by atoms with Crippen molar-refractivity contribution in [2.45, 2.75) is 19.8 Å². The molecule has 0 radical (unpaired) electrons. The molecule has 3 N–H and O–H groups in total. The van der Waals surface area contributed by atoms with Crippen molar-refractivity contribution in [2.75, 3.05) is 25.0 Å². The van der Waals surface area contributed by atoms with E-state index >= 15 is 0 Å². The first-order valence-corrected chi connectivity index (χ1v) is 6.02. The maximum Gasteiger partial charge on any atom is 0.142 e. The van der Waals surface area contributed by atoms with Gasteiger partial charge in [0.1, 0.15) is 5.75 Å². The van der Waals surface area contributed by atoms with Crippen LogP contribution < -0.4 is 15.8 Å². The maximum atomic E-state index is 5.94. The number of ether oxygens (including phenoxy) is 1. The normalized spacial score (nSPS) is 10.2. The Morgan fingerprint density at radius 2 is 2.25 bits per heavy atom. The second-order valence-corrected chi connectivity index (χ2v) is 3.99. The molecule has 0 aromatic heterocycles. The van der Waals surface area contributed by atoms with Crippen molar-refractivity contribution < 1.29 is 4.74 Å². The third kappa shape index (κ3) is 4.29. The average molecular weight is 243 g/mol. The monoisotopic (exact) mass is 242 g/mol. The van der Waals surface area contributed by atoms with Gasteiger partial charge < -0.3 is 15.8 Å². The fraction of sp³-hybridized carbons (Fsp3) is 0.500. The van der Waals surface area contributed by atoms with E-state index in [1.165, 1.54) is 0 Å². The average Bonchev–Trinajstić information content (AvgIpc) is 2.28. The number of nitrogens with two attached hydrogens (primary N) is 1. The Bertz CT molecular complexity index is 318. The second kappa shape index (κ2) is 7.36. The minimum absolute atomic E-state index is 0.679. The molecular weight excluding hydrogens is 224 g/mol. The molecule has 0 atom stereocenters. The zero-order valence-electron chi connectivity index (χ0n) is 9.63. The topological polar surface area (TPSA) is 47.3 Å². The number of halogens is 1. The number of hydrogen-bond acceptors (Lipinski definition) is 3. The number of nitrogens with one attached hydrogen (secondary N) is 1. The van der Waals surface area contributed by atoms with Gasteiger partial charge in [-0.3, -0.25) is 0 Å². The lowest BCUT2D eigenvalue weighted by Crippen LogP contribution is -2.09. The van der Waals surface area contributed by atoms with Crippen molar-refractivity contribution >= 4 is 17.3 Å². The lowest BCUT2D eigenvalue weighted by atomic mass is 10.3. The Balaban J connectivity index is 2.65. The summed E-state index contributed by atoms with van der Waals surface area (Å²) in [5.41, 5.74) is 6.38. The highest BCUT2D eigenvalue weighted by Crippen LogP contribution is 2.28. The van der Waals surface area contributed by atoms with E-state index in [-0.39, 0.29) is 0 Å². The summed E-state index contributed by atoms with van der Waals surface area (Å²) in [6, 6.07) is 5.60. The zero-order valence-corrected chi connectivity index (χ0v) is 10.4. The van der Waals surface area contributed by atoms with E-state index in [0.717, 1.165) is 30.8 Å². The van der Waals surface area contributed by atoms with Crippen molar-refractivity contribution in [1.82, 2.24) is 0 Å². The SMILES string of the molecule is CCCOc1ccc(Cl)cc1NCCCN. The second-order valence-electron chi connectivity index (χ2n) is 3.56. The van der Waals surface area contributed by atoms with Gasteiger partial charge in [-0.15, -0.1) is 0 Å². The molecule has 1 aromatic rings. The third-order valence-corrected chi connectivity index (χ3v) is 2.33.